The van der Waals surface area contributed by atoms with Crippen LogP contribution < -0.4 is 11.4 Å². The van der Waals surface area contributed by atoms with Crippen LogP contribution >= 0.6 is 34.4 Å². The van der Waals surface area contributed by atoms with Gasteiger partial charge < -0.3 is 10.8 Å². The van der Waals surface area contributed by atoms with Gasteiger partial charge in [0, 0.05) is 10.9 Å². The number of rotatable bonds is 5. The number of fused-ring (bicyclic) bond motifs is 1. The van der Waals surface area contributed by atoms with Gasteiger partial charge in [-0.1, -0.05) is 48.2 Å². The van der Waals surface area contributed by atoms with E-state index in [4.69, 9.17) is 10.8 Å². The highest BCUT2D eigenvalue weighted by Gasteiger charge is 2.20. The molecule has 1 unspecified atom stereocenters. The van der Waals surface area contributed by atoms with Gasteiger partial charge in [-0.2, -0.15) is 0 Å². The molecule has 7 nitrogen and oxygen atoms in total. The lowest BCUT2D eigenvalue weighted by atomic mass is 10.1. The summed E-state index contributed by atoms with van der Waals surface area (Å²) in [5, 5.41) is 13.4. The number of benzene rings is 1. The number of aromatic amines is 1. The Bertz CT molecular complexity index is 1370. The zero-order chi connectivity index (χ0) is 20.7. The molecule has 0 aliphatic heterocycles. The Hall–Kier alpha value is -2.95. The predicted molar refractivity (Wildman–Crippen MR) is 123 cm³/mol. The molecule has 1 atom stereocenters. The van der Waals surface area contributed by atoms with E-state index in [0.717, 1.165) is 16.0 Å². The van der Waals surface area contributed by atoms with Gasteiger partial charge >= 0.3 is 0 Å². The van der Waals surface area contributed by atoms with E-state index in [1.807, 2.05) is 60.1 Å². The van der Waals surface area contributed by atoms with E-state index < -0.39 is 0 Å². The summed E-state index contributed by atoms with van der Waals surface area (Å²) in [7, 11) is 0. The maximum Gasteiger partial charge on any atom is 0.260 e. The highest BCUT2D eigenvalue weighted by molar-refractivity contribution is 7.99. The normalized spacial score (nSPS) is 12.4. The van der Waals surface area contributed by atoms with Crippen molar-refractivity contribution >= 4 is 44.7 Å². The number of thioether (sulfide) groups is 1. The quantitative estimate of drug-likeness (QED) is 0.300. The molecule has 3 N–H and O–H groups in total. The number of nitrogens with one attached hydrogen (secondary N) is 1. The van der Waals surface area contributed by atoms with Crippen LogP contribution in [0.5, 0.6) is 0 Å². The van der Waals surface area contributed by atoms with Crippen molar-refractivity contribution in [2.24, 2.45) is 0 Å². The van der Waals surface area contributed by atoms with Gasteiger partial charge in [-0.05, 0) is 23.9 Å². The van der Waals surface area contributed by atoms with Gasteiger partial charge in [0.25, 0.3) is 5.56 Å². The maximum absolute atomic E-state index is 12.9. The van der Waals surface area contributed by atoms with E-state index in [1.54, 1.807) is 11.3 Å². The molecule has 0 spiro atoms. The Morgan fingerprint density at radius 1 is 1.13 bits per heavy atom. The SMILES string of the molecule is CC(Sc1nnc(-c2cccs2)n1N)c1nc2scc(-c3ccccc3)c2c(=O)[nH]1. The summed E-state index contributed by atoms with van der Waals surface area (Å²) in [6.07, 6.45) is 0. The number of H-pyrrole nitrogens is 1. The molecular weight excluding hydrogens is 436 g/mol. The van der Waals surface area contributed by atoms with Crippen molar-refractivity contribution in [3.8, 4) is 21.8 Å². The third-order valence-corrected chi connectivity index (χ3v) is 7.42. The van der Waals surface area contributed by atoms with Gasteiger partial charge in [0.15, 0.2) is 5.82 Å². The summed E-state index contributed by atoms with van der Waals surface area (Å²) >= 11 is 4.42. The minimum absolute atomic E-state index is 0.143. The van der Waals surface area contributed by atoms with Crippen molar-refractivity contribution < 1.29 is 0 Å². The average molecular weight is 453 g/mol. The third-order valence-electron chi connectivity index (χ3n) is 4.62. The van der Waals surface area contributed by atoms with E-state index in [1.165, 1.54) is 27.8 Å². The highest BCUT2D eigenvalue weighted by Crippen LogP contribution is 2.35. The van der Waals surface area contributed by atoms with Crippen molar-refractivity contribution in [1.29, 1.82) is 0 Å². The molecule has 0 saturated heterocycles. The standard InChI is InChI=1S/C20H16N6OS3/c1-11(30-20-25-24-17(26(20)21)14-8-5-9-28-14)16-22-18(27)15-13(10-29-19(15)23-16)12-6-3-2-4-7-12/h2-11H,21H2,1H3,(H,22,23,27). The minimum atomic E-state index is -0.160. The Morgan fingerprint density at radius 3 is 2.73 bits per heavy atom. The fraction of sp³-hybridized carbons (Fsp3) is 0.100. The number of aromatic nitrogens is 5. The first-order chi connectivity index (χ1) is 14.6. The van der Waals surface area contributed by atoms with Crippen molar-refractivity contribution in [2.75, 3.05) is 5.84 Å². The predicted octanol–water partition coefficient (Wildman–Crippen LogP) is 4.54. The number of nitrogens with zero attached hydrogens (tertiary/aromatic N) is 4. The van der Waals surface area contributed by atoms with E-state index in [2.05, 4.69) is 15.2 Å². The number of thiophene rings is 2. The van der Waals surface area contributed by atoms with Gasteiger partial charge in [0.1, 0.15) is 10.7 Å². The Balaban J connectivity index is 1.46. The summed E-state index contributed by atoms with van der Waals surface area (Å²) in [6, 6.07) is 13.8. The molecule has 150 valence electrons. The van der Waals surface area contributed by atoms with E-state index in [-0.39, 0.29) is 10.8 Å². The summed E-state index contributed by atoms with van der Waals surface area (Å²) in [6.45, 7) is 1.96. The molecule has 0 bridgehead atoms. The van der Waals surface area contributed by atoms with E-state index in [0.29, 0.717) is 27.0 Å². The largest absolute Gasteiger partial charge is 0.335 e. The summed E-state index contributed by atoms with van der Waals surface area (Å²) in [4.78, 5) is 22.2. The van der Waals surface area contributed by atoms with Crippen molar-refractivity contribution in [1.82, 2.24) is 24.8 Å². The fourth-order valence-corrected chi connectivity index (χ4v) is 5.62. The van der Waals surface area contributed by atoms with Crippen LogP contribution in [-0.2, 0) is 0 Å². The molecule has 0 amide bonds. The van der Waals surface area contributed by atoms with Crippen LogP contribution in [0.15, 0.2) is 63.2 Å². The van der Waals surface area contributed by atoms with Gasteiger partial charge in [-0.3, -0.25) is 4.79 Å². The smallest absolute Gasteiger partial charge is 0.260 e. The first kappa shape index (κ1) is 19.0. The van der Waals surface area contributed by atoms with Gasteiger partial charge in [0.05, 0.1) is 15.5 Å². The van der Waals surface area contributed by atoms with E-state index in [9.17, 15) is 4.79 Å². The van der Waals surface area contributed by atoms with Crippen LogP contribution in [0.25, 0.3) is 32.0 Å². The Labute approximate surface area is 183 Å². The maximum atomic E-state index is 12.9. The second-order valence-corrected chi connectivity index (χ2v) is 9.67. The molecule has 0 saturated carbocycles. The highest BCUT2D eigenvalue weighted by atomic mass is 32.2. The van der Waals surface area contributed by atoms with Crippen molar-refractivity contribution in [2.45, 2.75) is 17.3 Å². The fourth-order valence-electron chi connectivity index (χ4n) is 3.13. The molecule has 5 aromatic rings. The topological polar surface area (TPSA) is 102 Å². The van der Waals surface area contributed by atoms with Crippen LogP contribution in [0.1, 0.15) is 18.0 Å². The third kappa shape index (κ3) is 3.32. The number of nitrogen functional groups attached to an aromatic ring is 1. The number of hydrogen-bond donors (Lipinski definition) is 2. The first-order valence-electron chi connectivity index (χ1n) is 9.09. The molecule has 5 rings (SSSR count). The van der Waals surface area contributed by atoms with Gasteiger partial charge in [0.2, 0.25) is 5.16 Å². The average Bonchev–Trinajstić information content (AvgIpc) is 3.49. The lowest BCUT2D eigenvalue weighted by molar-refractivity contribution is 0.836. The molecule has 0 aliphatic carbocycles. The molecule has 0 fully saturated rings. The molecule has 1 aromatic carbocycles. The van der Waals surface area contributed by atoms with Crippen LogP contribution in [0.2, 0.25) is 0 Å². The molecule has 4 aromatic heterocycles. The molecule has 0 aliphatic rings. The summed E-state index contributed by atoms with van der Waals surface area (Å²) < 4.78 is 1.47. The van der Waals surface area contributed by atoms with Gasteiger partial charge in [-0.25, -0.2) is 9.66 Å². The van der Waals surface area contributed by atoms with Crippen LogP contribution in [0, 0.1) is 0 Å². The molecule has 4 heterocycles. The lowest BCUT2D eigenvalue weighted by Gasteiger charge is -2.10. The van der Waals surface area contributed by atoms with Crippen LogP contribution in [-0.4, -0.2) is 24.8 Å². The van der Waals surface area contributed by atoms with Crippen molar-refractivity contribution in [3.05, 3.63) is 69.4 Å². The second kappa shape index (κ2) is 7.71. The molecular formula is C20H16N6OS3. The minimum Gasteiger partial charge on any atom is -0.335 e. The van der Waals surface area contributed by atoms with Crippen LogP contribution in [0.4, 0.5) is 0 Å². The first-order valence-corrected chi connectivity index (χ1v) is 11.7. The summed E-state index contributed by atoms with van der Waals surface area (Å²) in [5.41, 5.74) is 1.76. The Morgan fingerprint density at radius 2 is 1.97 bits per heavy atom. The zero-order valence-electron chi connectivity index (χ0n) is 15.8. The lowest BCUT2D eigenvalue weighted by Crippen LogP contribution is -2.14. The Kier molecular flexibility index (Phi) is 4.89. The van der Waals surface area contributed by atoms with Crippen molar-refractivity contribution in [3.63, 3.8) is 0 Å². The second-order valence-electron chi connectivity index (χ2n) is 6.56. The molecule has 30 heavy (non-hydrogen) atoms. The number of nitrogens with two attached hydrogens (primary N) is 1. The summed E-state index contributed by atoms with van der Waals surface area (Å²) in [5.74, 6) is 7.39. The monoisotopic (exact) mass is 452 g/mol. The molecule has 0 radical (unpaired) electrons. The number of hydrogen-bond acceptors (Lipinski definition) is 8. The van der Waals surface area contributed by atoms with Crippen LogP contribution in [0.3, 0.4) is 0 Å². The van der Waals surface area contributed by atoms with E-state index >= 15 is 0 Å². The van der Waals surface area contributed by atoms with Gasteiger partial charge in [-0.15, -0.1) is 32.9 Å². The zero-order valence-corrected chi connectivity index (χ0v) is 18.2. The molecule has 10 heteroatoms.